The van der Waals surface area contributed by atoms with E-state index in [-0.39, 0.29) is 11.8 Å². The second kappa shape index (κ2) is 7.25. The average Bonchev–Trinajstić information content (AvgIpc) is 3.01. The molecule has 1 aliphatic heterocycles. The minimum Gasteiger partial charge on any atom is -0.343 e. The van der Waals surface area contributed by atoms with Gasteiger partial charge in [-0.25, -0.2) is 0 Å². The maximum atomic E-state index is 12.1. The number of rotatable bonds is 5. The molecule has 114 valence electrons. The van der Waals surface area contributed by atoms with Crippen LogP contribution < -0.4 is 4.90 Å². The predicted octanol–water partition coefficient (Wildman–Crippen LogP) is 2.61. The van der Waals surface area contributed by atoms with Crippen LogP contribution in [0.3, 0.4) is 0 Å². The molecule has 0 spiro atoms. The van der Waals surface area contributed by atoms with Crippen molar-refractivity contribution >= 4 is 17.5 Å². The third kappa shape index (κ3) is 3.84. The first kappa shape index (κ1) is 15.5. The molecule has 0 N–H and O–H groups in total. The summed E-state index contributed by atoms with van der Waals surface area (Å²) in [5.41, 5.74) is 2.07. The molecule has 0 atom stereocenters. The van der Waals surface area contributed by atoms with Crippen molar-refractivity contribution in [3.63, 3.8) is 0 Å². The maximum Gasteiger partial charge on any atom is 0.224 e. The Kier molecular flexibility index (Phi) is 5.37. The molecule has 1 aromatic carbocycles. The van der Waals surface area contributed by atoms with Crippen LogP contribution in [0.1, 0.15) is 38.7 Å². The molecule has 0 saturated carbocycles. The molecule has 1 saturated heterocycles. The summed E-state index contributed by atoms with van der Waals surface area (Å²) < 4.78 is 0. The van der Waals surface area contributed by atoms with Gasteiger partial charge in [-0.1, -0.05) is 25.1 Å². The van der Waals surface area contributed by atoms with Crippen molar-refractivity contribution in [2.24, 2.45) is 0 Å². The van der Waals surface area contributed by atoms with Gasteiger partial charge in [0.15, 0.2) is 0 Å². The summed E-state index contributed by atoms with van der Waals surface area (Å²) in [5.74, 6) is 0.151. The van der Waals surface area contributed by atoms with Crippen LogP contribution in [0.5, 0.6) is 0 Å². The lowest BCUT2D eigenvalue weighted by Crippen LogP contribution is -2.35. The zero-order valence-corrected chi connectivity index (χ0v) is 13.0. The van der Waals surface area contributed by atoms with Crippen LogP contribution in [-0.2, 0) is 16.0 Å². The molecule has 2 amide bonds. The number of anilines is 1. The fourth-order valence-corrected chi connectivity index (χ4v) is 2.85. The Balaban J connectivity index is 2.05. The van der Waals surface area contributed by atoms with E-state index in [1.807, 2.05) is 29.2 Å². The Bertz CT molecular complexity index is 507. The van der Waals surface area contributed by atoms with Gasteiger partial charge in [-0.15, -0.1) is 0 Å². The van der Waals surface area contributed by atoms with E-state index in [9.17, 15) is 9.59 Å². The Morgan fingerprint density at radius 2 is 1.86 bits per heavy atom. The fraction of sp³-hybridized carbons (Fsp3) is 0.529. The minimum atomic E-state index is -0.00915. The second-order valence-corrected chi connectivity index (χ2v) is 5.49. The molecule has 1 fully saturated rings. The molecule has 0 radical (unpaired) electrons. The molecule has 1 aliphatic rings. The van der Waals surface area contributed by atoms with Gasteiger partial charge in [0.2, 0.25) is 11.8 Å². The minimum absolute atomic E-state index is 0.00915. The van der Waals surface area contributed by atoms with Gasteiger partial charge in [0, 0.05) is 38.7 Å². The predicted molar refractivity (Wildman–Crippen MR) is 84.3 cm³/mol. The highest BCUT2D eigenvalue weighted by Gasteiger charge is 2.20. The Morgan fingerprint density at radius 3 is 2.48 bits per heavy atom. The molecule has 0 aliphatic carbocycles. The number of likely N-dealkylation sites (tertiary alicyclic amines) is 1. The fourth-order valence-electron chi connectivity index (χ4n) is 2.85. The Morgan fingerprint density at radius 1 is 1.19 bits per heavy atom. The van der Waals surface area contributed by atoms with E-state index in [2.05, 4.69) is 6.92 Å². The van der Waals surface area contributed by atoms with Crippen LogP contribution in [0.4, 0.5) is 5.69 Å². The van der Waals surface area contributed by atoms with E-state index in [0.717, 1.165) is 43.6 Å². The van der Waals surface area contributed by atoms with E-state index < -0.39 is 0 Å². The zero-order chi connectivity index (χ0) is 15.2. The van der Waals surface area contributed by atoms with Gasteiger partial charge in [-0.3, -0.25) is 9.59 Å². The molecule has 0 bridgehead atoms. The van der Waals surface area contributed by atoms with E-state index in [0.29, 0.717) is 13.0 Å². The molecule has 0 aromatic heterocycles. The van der Waals surface area contributed by atoms with Crippen LogP contribution in [0.15, 0.2) is 24.3 Å². The summed E-state index contributed by atoms with van der Waals surface area (Å²) in [4.78, 5) is 27.7. The van der Waals surface area contributed by atoms with Crippen LogP contribution in [-0.4, -0.2) is 36.3 Å². The van der Waals surface area contributed by atoms with E-state index in [1.54, 1.807) is 11.8 Å². The van der Waals surface area contributed by atoms with E-state index in [4.69, 9.17) is 0 Å². The Hall–Kier alpha value is -1.84. The number of amides is 2. The lowest BCUT2D eigenvalue weighted by atomic mass is 10.1. The van der Waals surface area contributed by atoms with Gasteiger partial charge >= 0.3 is 0 Å². The monoisotopic (exact) mass is 288 g/mol. The summed E-state index contributed by atoms with van der Waals surface area (Å²) >= 11 is 0. The van der Waals surface area contributed by atoms with Crippen molar-refractivity contribution in [3.8, 4) is 0 Å². The van der Waals surface area contributed by atoms with E-state index >= 15 is 0 Å². The largest absolute Gasteiger partial charge is 0.343 e. The molecule has 21 heavy (non-hydrogen) atoms. The molecule has 0 unspecified atom stereocenters. The number of nitrogens with zero attached hydrogens (tertiary/aromatic N) is 2. The van der Waals surface area contributed by atoms with Gasteiger partial charge in [0.05, 0.1) is 0 Å². The molecule has 1 heterocycles. The van der Waals surface area contributed by atoms with Gasteiger partial charge in [-0.2, -0.15) is 0 Å². The molecule has 4 nitrogen and oxygen atoms in total. The van der Waals surface area contributed by atoms with Crippen molar-refractivity contribution in [2.45, 2.75) is 39.5 Å². The summed E-state index contributed by atoms with van der Waals surface area (Å²) in [6.07, 6.45) is 3.47. The third-order valence-corrected chi connectivity index (χ3v) is 4.05. The smallest absolute Gasteiger partial charge is 0.224 e. The summed E-state index contributed by atoms with van der Waals surface area (Å²) in [6.45, 7) is 5.83. The highest BCUT2D eigenvalue weighted by atomic mass is 16.2. The topological polar surface area (TPSA) is 40.6 Å². The van der Waals surface area contributed by atoms with Crippen molar-refractivity contribution < 1.29 is 9.59 Å². The lowest BCUT2D eigenvalue weighted by Gasteiger charge is -2.24. The average molecular weight is 288 g/mol. The Labute approximate surface area is 126 Å². The van der Waals surface area contributed by atoms with Gasteiger partial charge < -0.3 is 9.80 Å². The van der Waals surface area contributed by atoms with Crippen molar-refractivity contribution in [1.82, 2.24) is 4.90 Å². The molecular weight excluding hydrogens is 264 g/mol. The number of hydrogen-bond acceptors (Lipinski definition) is 2. The lowest BCUT2D eigenvalue weighted by molar-refractivity contribution is -0.129. The number of para-hydroxylation sites is 1. The first-order chi connectivity index (χ1) is 10.1. The van der Waals surface area contributed by atoms with Gasteiger partial charge in [0.1, 0.15) is 0 Å². The van der Waals surface area contributed by atoms with Crippen LogP contribution in [0.2, 0.25) is 0 Å². The number of carbonyl (C=O) groups is 2. The standard InChI is InChI=1S/C17H24N2O2/c1-3-15-8-4-5-9-16(15)19(14(2)20)13-10-17(21)18-11-6-7-12-18/h4-5,8-9H,3,6-7,10-13H2,1-2H3. The second-order valence-electron chi connectivity index (χ2n) is 5.49. The summed E-state index contributed by atoms with van der Waals surface area (Å²) in [5, 5.41) is 0. The van der Waals surface area contributed by atoms with Crippen LogP contribution in [0, 0.1) is 0 Å². The quantitative estimate of drug-likeness (QED) is 0.835. The number of carbonyl (C=O) groups excluding carboxylic acids is 2. The molecule has 2 rings (SSSR count). The maximum absolute atomic E-state index is 12.1. The summed E-state index contributed by atoms with van der Waals surface area (Å²) in [6, 6.07) is 7.91. The molecule has 1 aromatic rings. The number of hydrogen-bond donors (Lipinski definition) is 0. The number of benzene rings is 1. The SMILES string of the molecule is CCc1ccccc1N(CCC(=O)N1CCCC1)C(C)=O. The normalized spacial score (nSPS) is 14.3. The zero-order valence-electron chi connectivity index (χ0n) is 13.0. The third-order valence-electron chi connectivity index (χ3n) is 4.05. The van der Waals surface area contributed by atoms with Gasteiger partial charge in [-0.05, 0) is 30.9 Å². The van der Waals surface area contributed by atoms with Crippen molar-refractivity contribution in [1.29, 1.82) is 0 Å². The van der Waals surface area contributed by atoms with Crippen molar-refractivity contribution in [3.05, 3.63) is 29.8 Å². The van der Waals surface area contributed by atoms with E-state index in [1.165, 1.54) is 0 Å². The van der Waals surface area contributed by atoms with Crippen LogP contribution in [0.25, 0.3) is 0 Å². The van der Waals surface area contributed by atoms with Crippen LogP contribution >= 0.6 is 0 Å². The first-order valence-electron chi connectivity index (χ1n) is 7.77. The molecule has 4 heteroatoms. The first-order valence-corrected chi connectivity index (χ1v) is 7.77. The summed E-state index contributed by atoms with van der Waals surface area (Å²) in [7, 11) is 0. The highest BCUT2D eigenvalue weighted by molar-refractivity contribution is 5.93. The number of aryl methyl sites for hydroxylation is 1. The van der Waals surface area contributed by atoms with Crippen molar-refractivity contribution in [2.75, 3.05) is 24.5 Å². The highest BCUT2D eigenvalue weighted by Crippen LogP contribution is 2.21. The molecular formula is C17H24N2O2. The van der Waals surface area contributed by atoms with Gasteiger partial charge in [0.25, 0.3) is 0 Å².